The standard InChI is InChI=1S/C44H48N24O12/c69-29-45-9-49-23-25-53(31(49)71)13-61-37(77)65-17-57-27-28-59(35(57)75)19-67-39(79)63-15-55-26-24-51(33(55)73)11-47(29)22-21(45)46-10-50(23)32(72)54(25)14-62-38(78)66(43(65)7-3-1-5-41(43,61)62)18-58(27)36(76)60(28)20-68-40(80)64(42(63)6-2-4-8-44(42,67)68)16-56(26)34(74)52(24)12-48(22)30(46)70/h21-28H,1-20H2. The van der Waals surface area contributed by atoms with Gasteiger partial charge in [-0.05, 0) is 51.4 Å². The van der Waals surface area contributed by atoms with Crippen molar-refractivity contribution in [1.29, 1.82) is 0 Å². The van der Waals surface area contributed by atoms with Gasteiger partial charge in [-0.1, -0.05) is 0 Å². The molecule has 24 amide bonds. The summed E-state index contributed by atoms with van der Waals surface area (Å²) in [5.74, 6) is 0. The number of carbonyl (C=O) groups excluding carboxylic acids is 12. The maximum atomic E-state index is 16.0. The number of hydrogen-bond acceptors (Lipinski definition) is 12. The first-order valence-electron chi connectivity index (χ1n) is 27.6. The zero-order valence-electron chi connectivity index (χ0n) is 42.4. The van der Waals surface area contributed by atoms with Crippen LogP contribution in [0.25, 0.3) is 0 Å². The van der Waals surface area contributed by atoms with E-state index >= 15 is 57.5 Å². The van der Waals surface area contributed by atoms with E-state index in [1.54, 1.807) is 0 Å². The Bertz CT molecular complexity index is 2950. The summed E-state index contributed by atoms with van der Waals surface area (Å²) in [5, 5.41) is 0. The largest absolute Gasteiger partial charge is 0.326 e. The van der Waals surface area contributed by atoms with Gasteiger partial charge < -0.3 is 0 Å². The van der Waals surface area contributed by atoms with Crippen molar-refractivity contribution in [3.8, 4) is 0 Å². The third kappa shape index (κ3) is 3.60. The molecule has 36 heteroatoms. The Labute approximate surface area is 449 Å². The first-order chi connectivity index (χ1) is 38.6. The summed E-state index contributed by atoms with van der Waals surface area (Å²) in [5.41, 5.74) is -6.35. The van der Waals surface area contributed by atoms with Gasteiger partial charge in [0.2, 0.25) is 0 Å². The molecule has 0 radical (unpaired) electrons. The third-order valence-electron chi connectivity index (χ3n) is 23.0. The normalized spacial score (nSPS) is 42.9. The van der Waals surface area contributed by atoms with Crippen molar-refractivity contribution >= 4 is 72.4 Å². The van der Waals surface area contributed by atoms with Crippen molar-refractivity contribution in [3.05, 3.63) is 0 Å². The number of urea groups is 12. The van der Waals surface area contributed by atoms with Gasteiger partial charge in [0.25, 0.3) is 0 Å². The molecule has 20 aliphatic rings. The molecule has 416 valence electrons. The molecule has 18 heterocycles. The van der Waals surface area contributed by atoms with E-state index in [0.717, 1.165) is 0 Å². The zero-order chi connectivity index (χ0) is 53.5. The molecule has 18 aliphatic heterocycles. The molecule has 36 nitrogen and oxygen atoms in total. The van der Waals surface area contributed by atoms with E-state index in [-0.39, 0.29) is 25.7 Å². The first kappa shape index (κ1) is 42.2. The minimum atomic E-state index is -1.59. The highest BCUT2D eigenvalue weighted by Crippen LogP contribution is 2.64. The van der Waals surface area contributed by atoms with Gasteiger partial charge in [-0.25, -0.2) is 57.5 Å². The molecule has 0 unspecified atom stereocenters. The lowest BCUT2D eigenvalue weighted by Crippen LogP contribution is -2.74. The van der Waals surface area contributed by atoms with Crippen LogP contribution >= 0.6 is 0 Å². The second-order valence-electron chi connectivity index (χ2n) is 25.0. The second kappa shape index (κ2) is 12.0. The van der Waals surface area contributed by atoms with Gasteiger partial charge in [0.1, 0.15) is 80.0 Å². The van der Waals surface area contributed by atoms with Crippen LogP contribution in [-0.2, 0) is 0 Å². The fourth-order valence-electron chi connectivity index (χ4n) is 20.2. The molecule has 80 heavy (non-hydrogen) atoms. The van der Waals surface area contributed by atoms with Crippen LogP contribution in [0.2, 0.25) is 0 Å². The molecule has 0 aromatic heterocycles. The van der Waals surface area contributed by atoms with E-state index in [1.165, 1.54) is 118 Å². The number of nitrogens with zero attached hydrogens (tertiary/aromatic N) is 24. The summed E-state index contributed by atoms with van der Waals surface area (Å²) in [6, 6.07) is -7.45. The Kier molecular flexibility index (Phi) is 6.35. The average Bonchev–Trinajstić information content (AvgIpc) is 3.98. The van der Waals surface area contributed by atoms with Gasteiger partial charge in [-0.3, -0.25) is 118 Å². The molecule has 20 fully saturated rings. The molecule has 0 N–H and O–H groups in total. The minimum Gasteiger partial charge on any atom is -0.282 e. The van der Waals surface area contributed by atoms with Crippen LogP contribution in [0.5, 0.6) is 0 Å². The van der Waals surface area contributed by atoms with Gasteiger partial charge in [0.15, 0.2) is 72.0 Å². The Morgan fingerprint density at radius 2 is 0.312 bits per heavy atom. The SMILES string of the molecule is O=C1N2CN3C(=O)N4CN5C(=O)N6CN7C(=O)N8CN9C(=O)N%10CN%11C(=O)N%12CN1C1C2N2CN%13C(=O)N(CN%14C(=O)N(CN%15C(=O)N(CN%16C(=O)N(CN%17C(=O)N(CN1C2=O)C%12C%11%17)C%101CCCCC9%161)C8C7%15)C61CCCCC5%141)C4C3%13. The second-order valence-corrected chi connectivity index (χ2v) is 25.0. The molecule has 2 aliphatic carbocycles. The van der Waals surface area contributed by atoms with E-state index in [9.17, 15) is 0 Å². The van der Waals surface area contributed by atoms with Crippen LogP contribution < -0.4 is 0 Å². The van der Waals surface area contributed by atoms with Gasteiger partial charge in [0.05, 0.1) is 0 Å². The van der Waals surface area contributed by atoms with Gasteiger partial charge >= 0.3 is 72.4 Å². The number of rotatable bonds is 0. The quantitative estimate of drug-likeness (QED) is 0.234. The molecule has 20 rings (SSSR count). The Hall–Kier alpha value is -8.76. The highest BCUT2D eigenvalue weighted by atomic mass is 16.3. The lowest BCUT2D eigenvalue weighted by molar-refractivity contribution is -0.145. The predicted molar refractivity (Wildman–Crippen MR) is 245 cm³/mol. The molecule has 4 spiro atoms. The van der Waals surface area contributed by atoms with Gasteiger partial charge in [-0.2, -0.15) is 0 Å². The Morgan fingerprint density at radius 1 is 0.188 bits per heavy atom. The molecule has 2 saturated carbocycles. The summed E-state index contributed by atoms with van der Waals surface area (Å²) < 4.78 is 0. The molecular weight excluding hydrogens is 1060 g/mol. The zero-order valence-corrected chi connectivity index (χ0v) is 42.4. The van der Waals surface area contributed by atoms with Crippen LogP contribution in [-0.4, -0.2) is 342 Å². The number of amides is 24. The van der Waals surface area contributed by atoms with Crippen LogP contribution in [0.1, 0.15) is 51.4 Å². The van der Waals surface area contributed by atoms with Crippen LogP contribution in [0.15, 0.2) is 0 Å². The highest BCUT2D eigenvalue weighted by molar-refractivity contribution is 5.96. The Morgan fingerprint density at radius 3 is 0.450 bits per heavy atom. The van der Waals surface area contributed by atoms with Crippen molar-refractivity contribution in [2.45, 2.75) is 123 Å². The van der Waals surface area contributed by atoms with Crippen molar-refractivity contribution in [2.75, 3.05) is 80.0 Å². The van der Waals surface area contributed by atoms with E-state index in [2.05, 4.69) is 0 Å². The van der Waals surface area contributed by atoms with Gasteiger partial charge in [0, 0.05) is 0 Å². The summed E-state index contributed by atoms with van der Waals surface area (Å²) in [7, 11) is 0. The molecule has 18 saturated heterocycles. The molecule has 0 atom stereocenters. The van der Waals surface area contributed by atoms with Gasteiger partial charge in [-0.15, -0.1) is 0 Å². The minimum absolute atomic E-state index is 0.190. The maximum Gasteiger partial charge on any atom is 0.326 e. The van der Waals surface area contributed by atoms with E-state index < -0.39 is 224 Å². The van der Waals surface area contributed by atoms with Crippen molar-refractivity contribution in [1.82, 2.24) is 118 Å². The molecule has 0 bridgehead atoms. The van der Waals surface area contributed by atoms with Crippen LogP contribution in [0.3, 0.4) is 0 Å². The number of hydrogen-bond donors (Lipinski definition) is 0. The summed E-state index contributed by atoms with van der Waals surface area (Å²) in [4.78, 5) is 223. The first-order valence-corrected chi connectivity index (χ1v) is 27.6. The van der Waals surface area contributed by atoms with E-state index in [0.29, 0.717) is 25.7 Å². The van der Waals surface area contributed by atoms with Crippen molar-refractivity contribution in [3.63, 3.8) is 0 Å². The summed E-state index contributed by atoms with van der Waals surface area (Å²) in [6.07, 6.45) is -6.56. The lowest BCUT2D eigenvalue weighted by atomic mass is 9.77. The lowest BCUT2D eigenvalue weighted by Gasteiger charge is -2.55. The summed E-state index contributed by atoms with van der Waals surface area (Å²) in [6.45, 7) is -5.33. The highest BCUT2D eigenvalue weighted by Gasteiger charge is 2.86. The average molecular weight is 1110 g/mol. The number of carbonyl (C=O) groups is 12. The molecular formula is C44H48N24O12. The Balaban J connectivity index is 0.816. The predicted octanol–water partition coefficient (Wildman–Crippen LogP) is -3.04. The fraction of sp³-hybridized carbons (Fsp3) is 0.727. The molecule has 0 aromatic carbocycles. The fourth-order valence-corrected chi connectivity index (χ4v) is 20.2. The third-order valence-corrected chi connectivity index (χ3v) is 23.0. The van der Waals surface area contributed by atoms with E-state index in [1.807, 2.05) is 0 Å². The van der Waals surface area contributed by atoms with Crippen molar-refractivity contribution in [2.24, 2.45) is 0 Å². The maximum absolute atomic E-state index is 16.0. The van der Waals surface area contributed by atoms with Crippen molar-refractivity contribution < 1.29 is 57.5 Å². The van der Waals surface area contributed by atoms with Crippen LogP contribution in [0, 0.1) is 0 Å². The van der Waals surface area contributed by atoms with E-state index in [4.69, 9.17) is 0 Å². The van der Waals surface area contributed by atoms with Crippen LogP contribution in [0.4, 0.5) is 57.5 Å². The topological polar surface area (TPSA) is 283 Å². The smallest absolute Gasteiger partial charge is 0.282 e. The summed E-state index contributed by atoms with van der Waals surface area (Å²) >= 11 is 0. The monoisotopic (exact) mass is 1100 g/mol. The molecule has 0 aromatic rings.